The highest BCUT2D eigenvalue weighted by atomic mass is 19.1. The summed E-state index contributed by atoms with van der Waals surface area (Å²) in [5, 5.41) is 0. The van der Waals surface area contributed by atoms with E-state index in [1.807, 2.05) is 0 Å². The average Bonchev–Trinajstić information content (AvgIpc) is 2.41. The summed E-state index contributed by atoms with van der Waals surface area (Å²) in [6, 6.07) is 7.14. The van der Waals surface area contributed by atoms with Crippen molar-refractivity contribution in [2.45, 2.75) is 6.61 Å². The minimum Gasteiger partial charge on any atom is -0.439 e. The summed E-state index contributed by atoms with van der Waals surface area (Å²) in [7, 11) is 1.53. The topological polar surface area (TPSA) is 82.3 Å². The van der Waals surface area contributed by atoms with E-state index in [0.717, 1.165) is 0 Å². The zero-order chi connectivity index (χ0) is 13.7. The number of benzene rings is 1. The van der Waals surface area contributed by atoms with Gasteiger partial charge in [0.2, 0.25) is 5.88 Å². The van der Waals surface area contributed by atoms with E-state index in [-0.39, 0.29) is 12.4 Å². The lowest BCUT2D eigenvalue weighted by Crippen LogP contribution is -2.11. The molecular weight excluding hydrogens is 251 g/mol. The number of nitrogens with one attached hydrogen (secondary N) is 1. The molecule has 0 amide bonds. The molecule has 0 saturated carbocycles. The van der Waals surface area contributed by atoms with Gasteiger partial charge in [0.1, 0.15) is 24.0 Å². The van der Waals surface area contributed by atoms with E-state index in [9.17, 15) is 4.39 Å². The molecule has 0 aliphatic carbocycles. The van der Waals surface area contributed by atoms with Crippen molar-refractivity contribution in [3.8, 4) is 11.6 Å². The third kappa shape index (κ3) is 3.60. The van der Waals surface area contributed by atoms with Gasteiger partial charge in [0, 0.05) is 13.2 Å². The van der Waals surface area contributed by atoms with Crippen LogP contribution in [0, 0.1) is 5.82 Å². The zero-order valence-corrected chi connectivity index (χ0v) is 10.3. The number of rotatable bonds is 5. The van der Waals surface area contributed by atoms with Crippen molar-refractivity contribution in [1.82, 2.24) is 9.97 Å². The van der Waals surface area contributed by atoms with E-state index < -0.39 is 0 Å². The number of nitrogens with two attached hydrogens (primary N) is 1. The van der Waals surface area contributed by atoms with E-state index in [2.05, 4.69) is 15.4 Å². The van der Waals surface area contributed by atoms with E-state index in [0.29, 0.717) is 23.3 Å². The predicted octanol–water partition coefficient (Wildman–Crippen LogP) is 1.84. The Morgan fingerprint density at radius 3 is 2.63 bits per heavy atom. The Labute approximate surface area is 109 Å². The monoisotopic (exact) mass is 264 g/mol. The van der Waals surface area contributed by atoms with Crippen LogP contribution in [0.4, 0.5) is 10.2 Å². The standard InChI is InChI=1S/C12H13FN4O2/c1-18-7-11-15-10(17-14)6-12(16-11)19-9-4-2-8(13)3-5-9/h2-6H,7,14H2,1H3,(H,15,16,17). The summed E-state index contributed by atoms with van der Waals surface area (Å²) in [6.07, 6.45) is 0. The van der Waals surface area contributed by atoms with Gasteiger partial charge >= 0.3 is 0 Å². The number of hydrogen-bond acceptors (Lipinski definition) is 6. The van der Waals surface area contributed by atoms with Crippen LogP contribution in [0.5, 0.6) is 11.6 Å². The maximum atomic E-state index is 12.8. The van der Waals surface area contributed by atoms with Gasteiger partial charge in [-0.15, -0.1) is 0 Å². The summed E-state index contributed by atoms with van der Waals surface area (Å²) in [4.78, 5) is 8.23. The average molecular weight is 264 g/mol. The summed E-state index contributed by atoms with van der Waals surface area (Å²) >= 11 is 0. The lowest BCUT2D eigenvalue weighted by molar-refractivity contribution is 0.177. The number of halogens is 1. The van der Waals surface area contributed by atoms with Gasteiger partial charge in [-0.2, -0.15) is 4.98 Å². The molecule has 0 atom stereocenters. The Balaban J connectivity index is 2.23. The van der Waals surface area contributed by atoms with Crippen molar-refractivity contribution >= 4 is 5.82 Å². The second kappa shape index (κ2) is 6.07. The molecule has 0 radical (unpaired) electrons. The van der Waals surface area contributed by atoms with Gasteiger partial charge in [-0.25, -0.2) is 15.2 Å². The molecule has 0 aliphatic rings. The van der Waals surface area contributed by atoms with Gasteiger partial charge < -0.3 is 14.9 Å². The normalized spacial score (nSPS) is 10.3. The van der Waals surface area contributed by atoms with Crippen LogP contribution >= 0.6 is 0 Å². The van der Waals surface area contributed by atoms with E-state index in [4.69, 9.17) is 15.3 Å². The van der Waals surface area contributed by atoms with Crippen LogP contribution in [-0.2, 0) is 11.3 Å². The van der Waals surface area contributed by atoms with Crippen LogP contribution in [0.15, 0.2) is 30.3 Å². The number of nitrogens with zero attached hydrogens (tertiary/aromatic N) is 2. The third-order valence-corrected chi connectivity index (χ3v) is 2.21. The molecule has 1 heterocycles. The first-order valence-corrected chi connectivity index (χ1v) is 5.48. The Kier molecular flexibility index (Phi) is 4.22. The van der Waals surface area contributed by atoms with Crippen LogP contribution in [0.25, 0.3) is 0 Å². The number of hydrogen-bond donors (Lipinski definition) is 2. The maximum absolute atomic E-state index is 12.8. The van der Waals surface area contributed by atoms with E-state index >= 15 is 0 Å². The van der Waals surface area contributed by atoms with Crippen molar-refractivity contribution in [3.63, 3.8) is 0 Å². The second-order valence-electron chi connectivity index (χ2n) is 3.64. The summed E-state index contributed by atoms with van der Waals surface area (Å²) in [5.74, 6) is 6.56. The molecule has 0 bridgehead atoms. The summed E-state index contributed by atoms with van der Waals surface area (Å²) in [5.41, 5.74) is 2.41. The van der Waals surface area contributed by atoms with E-state index in [1.165, 1.54) is 37.4 Å². The predicted molar refractivity (Wildman–Crippen MR) is 67.0 cm³/mol. The first kappa shape index (κ1) is 13.2. The van der Waals surface area contributed by atoms with Crippen LogP contribution in [0.2, 0.25) is 0 Å². The molecule has 2 aromatic rings. The van der Waals surface area contributed by atoms with Crippen LogP contribution < -0.4 is 16.0 Å². The molecule has 7 heteroatoms. The Morgan fingerprint density at radius 2 is 2.00 bits per heavy atom. The van der Waals surface area contributed by atoms with E-state index in [1.54, 1.807) is 0 Å². The zero-order valence-electron chi connectivity index (χ0n) is 10.3. The van der Waals surface area contributed by atoms with Crippen molar-refractivity contribution in [3.05, 3.63) is 42.0 Å². The molecule has 0 aliphatic heterocycles. The number of nitrogen functional groups attached to an aromatic ring is 1. The fourth-order valence-corrected chi connectivity index (χ4v) is 1.42. The maximum Gasteiger partial charge on any atom is 0.224 e. The molecule has 3 N–H and O–H groups in total. The van der Waals surface area contributed by atoms with Crippen LogP contribution in [-0.4, -0.2) is 17.1 Å². The first-order valence-electron chi connectivity index (χ1n) is 5.48. The molecule has 2 rings (SSSR count). The van der Waals surface area contributed by atoms with Crippen LogP contribution in [0.3, 0.4) is 0 Å². The SMILES string of the molecule is COCc1nc(NN)cc(Oc2ccc(F)cc2)n1. The number of aromatic nitrogens is 2. The number of anilines is 1. The lowest BCUT2D eigenvalue weighted by Gasteiger charge is -2.08. The molecule has 0 fully saturated rings. The van der Waals surface area contributed by atoms with Gasteiger partial charge in [-0.05, 0) is 24.3 Å². The number of ether oxygens (including phenoxy) is 2. The Morgan fingerprint density at radius 1 is 1.26 bits per heavy atom. The van der Waals surface area contributed by atoms with Crippen LogP contribution in [0.1, 0.15) is 5.82 Å². The van der Waals surface area contributed by atoms with Crippen molar-refractivity contribution in [2.75, 3.05) is 12.5 Å². The molecule has 0 unspecified atom stereocenters. The molecule has 0 saturated heterocycles. The minimum atomic E-state index is -0.334. The molecule has 6 nitrogen and oxygen atoms in total. The highest BCUT2D eigenvalue weighted by Crippen LogP contribution is 2.21. The van der Waals surface area contributed by atoms with Crippen molar-refractivity contribution < 1.29 is 13.9 Å². The van der Waals surface area contributed by atoms with Gasteiger partial charge in [0.15, 0.2) is 5.82 Å². The highest BCUT2D eigenvalue weighted by molar-refractivity contribution is 5.38. The smallest absolute Gasteiger partial charge is 0.224 e. The number of methoxy groups -OCH3 is 1. The quantitative estimate of drug-likeness (QED) is 0.633. The lowest BCUT2D eigenvalue weighted by atomic mass is 10.3. The highest BCUT2D eigenvalue weighted by Gasteiger charge is 2.06. The molecule has 1 aromatic heterocycles. The summed E-state index contributed by atoms with van der Waals surface area (Å²) in [6.45, 7) is 0.231. The largest absolute Gasteiger partial charge is 0.439 e. The summed E-state index contributed by atoms with van der Waals surface area (Å²) < 4.78 is 23.2. The Bertz CT molecular complexity index is 548. The molecule has 100 valence electrons. The van der Waals surface area contributed by atoms with Gasteiger partial charge in [-0.1, -0.05) is 0 Å². The first-order chi connectivity index (χ1) is 9.21. The molecule has 0 spiro atoms. The Hall–Kier alpha value is -2.25. The second-order valence-corrected chi connectivity index (χ2v) is 3.64. The molecular formula is C12H13FN4O2. The minimum absolute atomic E-state index is 0.231. The van der Waals surface area contributed by atoms with Crippen molar-refractivity contribution in [2.24, 2.45) is 5.84 Å². The van der Waals surface area contributed by atoms with Crippen molar-refractivity contribution in [1.29, 1.82) is 0 Å². The molecule has 1 aromatic carbocycles. The number of hydrazine groups is 1. The fourth-order valence-electron chi connectivity index (χ4n) is 1.42. The van der Waals surface area contributed by atoms with Gasteiger partial charge in [0.25, 0.3) is 0 Å². The third-order valence-electron chi connectivity index (χ3n) is 2.21. The van der Waals surface area contributed by atoms with Gasteiger partial charge in [-0.3, -0.25) is 0 Å². The molecule has 19 heavy (non-hydrogen) atoms. The van der Waals surface area contributed by atoms with Gasteiger partial charge in [0.05, 0.1) is 0 Å². The fraction of sp³-hybridized carbons (Fsp3) is 0.167.